The molecule has 0 aliphatic rings. The van der Waals surface area contributed by atoms with E-state index in [-0.39, 0.29) is 11.8 Å². The molecule has 2 rings (SSSR count). The van der Waals surface area contributed by atoms with Crippen LogP contribution in [0.2, 0.25) is 0 Å². The molecule has 0 saturated carbocycles. The number of rotatable bonds is 4. The van der Waals surface area contributed by atoms with E-state index in [9.17, 15) is 4.79 Å². The van der Waals surface area contributed by atoms with Crippen molar-refractivity contribution >= 4 is 28.3 Å². The quantitative estimate of drug-likeness (QED) is 0.862. The number of carbonyl (C=O) groups excluding carboxylic acids is 1. The average molecular weight is 264 g/mol. The summed E-state index contributed by atoms with van der Waals surface area (Å²) in [4.78, 5) is 11.2. The van der Waals surface area contributed by atoms with Crippen LogP contribution in [0.15, 0.2) is 36.4 Å². The predicted octanol–water partition coefficient (Wildman–Crippen LogP) is 2.70. The van der Waals surface area contributed by atoms with E-state index in [0.29, 0.717) is 6.54 Å². The summed E-state index contributed by atoms with van der Waals surface area (Å²) in [5.74, 6) is 0.544. The molecule has 1 amide bonds. The van der Waals surface area contributed by atoms with Crippen LogP contribution in [0, 0.1) is 0 Å². The Morgan fingerprint density at radius 1 is 1.28 bits per heavy atom. The van der Waals surface area contributed by atoms with E-state index in [2.05, 4.69) is 5.32 Å². The molecule has 0 saturated heterocycles. The number of halogens is 1. The fourth-order valence-corrected chi connectivity index (χ4v) is 2.02. The van der Waals surface area contributed by atoms with Crippen LogP contribution in [0.25, 0.3) is 10.8 Å². The second-order valence-electron chi connectivity index (χ2n) is 3.88. The first-order valence-corrected chi connectivity index (χ1v) is 6.17. The monoisotopic (exact) mass is 263 g/mol. The fourth-order valence-electron chi connectivity index (χ4n) is 1.92. The van der Waals surface area contributed by atoms with Crippen LogP contribution in [0.4, 0.5) is 0 Å². The molecular formula is C14H14ClNO2. The second-order valence-corrected chi connectivity index (χ2v) is 4.15. The van der Waals surface area contributed by atoms with Crippen molar-refractivity contribution in [3.63, 3.8) is 0 Å². The maximum absolute atomic E-state index is 11.2. The third-order valence-electron chi connectivity index (χ3n) is 2.80. The molecule has 0 bridgehead atoms. The predicted molar refractivity (Wildman–Crippen MR) is 73.1 cm³/mol. The van der Waals surface area contributed by atoms with Gasteiger partial charge in [-0.1, -0.05) is 30.3 Å². The lowest BCUT2D eigenvalue weighted by molar-refractivity contribution is -0.118. The van der Waals surface area contributed by atoms with Crippen LogP contribution in [0.3, 0.4) is 0 Å². The van der Waals surface area contributed by atoms with Gasteiger partial charge < -0.3 is 10.1 Å². The van der Waals surface area contributed by atoms with Crippen molar-refractivity contribution in [1.29, 1.82) is 0 Å². The molecule has 0 unspecified atom stereocenters. The zero-order chi connectivity index (χ0) is 13.0. The fraction of sp³-hybridized carbons (Fsp3) is 0.214. The summed E-state index contributed by atoms with van der Waals surface area (Å²) in [5, 5.41) is 4.96. The number of ether oxygens (including phenoxy) is 1. The summed E-state index contributed by atoms with van der Waals surface area (Å²) >= 11 is 5.47. The lowest BCUT2D eigenvalue weighted by atomic mass is 10.0. The zero-order valence-corrected chi connectivity index (χ0v) is 10.8. The van der Waals surface area contributed by atoms with E-state index in [1.165, 1.54) is 0 Å². The number of carbonyl (C=O) groups is 1. The minimum atomic E-state index is -0.188. The van der Waals surface area contributed by atoms with Gasteiger partial charge in [-0.2, -0.15) is 0 Å². The average Bonchev–Trinajstić information content (AvgIpc) is 2.44. The van der Waals surface area contributed by atoms with E-state index in [1.54, 1.807) is 7.11 Å². The molecule has 1 N–H and O–H groups in total. The van der Waals surface area contributed by atoms with Gasteiger partial charge in [-0.15, -0.1) is 11.6 Å². The van der Waals surface area contributed by atoms with Crippen molar-refractivity contribution in [1.82, 2.24) is 5.32 Å². The molecule has 2 aromatic rings. The Kier molecular flexibility index (Phi) is 4.05. The Morgan fingerprint density at radius 3 is 2.78 bits per heavy atom. The van der Waals surface area contributed by atoms with Crippen molar-refractivity contribution in [3.05, 3.63) is 42.0 Å². The summed E-state index contributed by atoms with van der Waals surface area (Å²) in [5.41, 5.74) is 0.967. The number of hydrogen-bond donors (Lipinski definition) is 1. The third-order valence-corrected chi connectivity index (χ3v) is 3.04. The SMILES string of the molecule is COc1ccc2ccccc2c1CNC(=O)CCl. The van der Waals surface area contributed by atoms with Gasteiger partial charge in [-0.3, -0.25) is 4.79 Å². The Hall–Kier alpha value is -1.74. The topological polar surface area (TPSA) is 38.3 Å². The molecule has 0 spiro atoms. The molecule has 18 heavy (non-hydrogen) atoms. The molecule has 0 aliphatic carbocycles. The molecule has 0 aromatic heterocycles. The number of methoxy groups -OCH3 is 1. The summed E-state index contributed by atoms with van der Waals surface area (Å²) in [6, 6.07) is 11.9. The van der Waals surface area contributed by atoms with Gasteiger partial charge in [-0.25, -0.2) is 0 Å². The second kappa shape index (κ2) is 5.74. The first-order chi connectivity index (χ1) is 8.76. The summed E-state index contributed by atoms with van der Waals surface area (Å²) in [6.07, 6.45) is 0. The zero-order valence-electron chi connectivity index (χ0n) is 10.1. The van der Waals surface area contributed by atoms with E-state index in [4.69, 9.17) is 16.3 Å². The molecule has 0 aliphatic heterocycles. The van der Waals surface area contributed by atoms with Crippen LogP contribution in [-0.4, -0.2) is 18.9 Å². The normalized spacial score (nSPS) is 10.3. The lowest BCUT2D eigenvalue weighted by Crippen LogP contribution is -2.24. The summed E-state index contributed by atoms with van der Waals surface area (Å²) in [6.45, 7) is 0.413. The Labute approximate surface area is 111 Å². The summed E-state index contributed by atoms with van der Waals surface area (Å²) < 4.78 is 5.34. The first-order valence-electron chi connectivity index (χ1n) is 5.63. The molecule has 0 atom stereocenters. The number of amides is 1. The van der Waals surface area contributed by atoms with Crippen LogP contribution >= 0.6 is 11.6 Å². The van der Waals surface area contributed by atoms with Gasteiger partial charge in [0.15, 0.2) is 0 Å². The first kappa shape index (κ1) is 12.7. The maximum Gasteiger partial charge on any atom is 0.235 e. The number of fused-ring (bicyclic) bond motifs is 1. The van der Waals surface area contributed by atoms with Crippen LogP contribution in [0.5, 0.6) is 5.75 Å². The highest BCUT2D eigenvalue weighted by Crippen LogP contribution is 2.27. The van der Waals surface area contributed by atoms with Gasteiger partial charge in [0.1, 0.15) is 11.6 Å². The van der Waals surface area contributed by atoms with Crippen LogP contribution in [-0.2, 0) is 11.3 Å². The highest BCUT2D eigenvalue weighted by atomic mass is 35.5. The van der Waals surface area contributed by atoms with Gasteiger partial charge in [0.05, 0.1) is 7.11 Å². The summed E-state index contributed by atoms with van der Waals surface area (Å²) in [7, 11) is 1.62. The molecule has 0 radical (unpaired) electrons. The lowest BCUT2D eigenvalue weighted by Gasteiger charge is -2.12. The van der Waals surface area contributed by atoms with Gasteiger partial charge >= 0.3 is 0 Å². The molecule has 0 heterocycles. The molecule has 0 fully saturated rings. The standard InChI is InChI=1S/C14H14ClNO2/c1-18-13-7-6-10-4-2-3-5-11(10)12(13)9-16-14(17)8-15/h2-7H,8-9H2,1H3,(H,16,17). The van der Waals surface area contributed by atoms with E-state index < -0.39 is 0 Å². The van der Waals surface area contributed by atoms with Crippen molar-refractivity contribution in [2.75, 3.05) is 13.0 Å². The largest absolute Gasteiger partial charge is 0.496 e. The smallest absolute Gasteiger partial charge is 0.235 e. The van der Waals surface area contributed by atoms with E-state index in [0.717, 1.165) is 22.1 Å². The Morgan fingerprint density at radius 2 is 2.06 bits per heavy atom. The van der Waals surface area contributed by atoms with Crippen LogP contribution in [0.1, 0.15) is 5.56 Å². The van der Waals surface area contributed by atoms with Gasteiger partial charge in [0.2, 0.25) is 5.91 Å². The number of alkyl halides is 1. The Bertz CT molecular complexity index is 569. The maximum atomic E-state index is 11.2. The van der Waals surface area contributed by atoms with Crippen molar-refractivity contribution in [2.45, 2.75) is 6.54 Å². The minimum absolute atomic E-state index is 0.0346. The molecular weight excluding hydrogens is 250 g/mol. The van der Waals surface area contributed by atoms with Crippen molar-refractivity contribution in [2.24, 2.45) is 0 Å². The van der Waals surface area contributed by atoms with Gasteiger partial charge in [-0.05, 0) is 16.8 Å². The molecule has 4 heteroatoms. The third kappa shape index (κ3) is 2.57. The molecule has 2 aromatic carbocycles. The van der Waals surface area contributed by atoms with E-state index in [1.807, 2.05) is 36.4 Å². The highest BCUT2D eigenvalue weighted by Gasteiger charge is 2.09. The minimum Gasteiger partial charge on any atom is -0.496 e. The number of nitrogens with one attached hydrogen (secondary N) is 1. The van der Waals surface area contributed by atoms with Gasteiger partial charge in [0, 0.05) is 12.1 Å². The molecule has 94 valence electrons. The Balaban J connectivity index is 2.41. The number of hydrogen-bond acceptors (Lipinski definition) is 2. The van der Waals surface area contributed by atoms with Crippen molar-refractivity contribution in [3.8, 4) is 5.75 Å². The molecule has 3 nitrogen and oxygen atoms in total. The van der Waals surface area contributed by atoms with E-state index >= 15 is 0 Å². The van der Waals surface area contributed by atoms with Crippen molar-refractivity contribution < 1.29 is 9.53 Å². The highest BCUT2D eigenvalue weighted by molar-refractivity contribution is 6.27. The van der Waals surface area contributed by atoms with Gasteiger partial charge in [0.25, 0.3) is 0 Å². The van der Waals surface area contributed by atoms with Crippen LogP contribution < -0.4 is 10.1 Å². The number of benzene rings is 2.